The lowest BCUT2D eigenvalue weighted by Gasteiger charge is -2.13. The lowest BCUT2D eigenvalue weighted by Crippen LogP contribution is -2.18. The molecule has 2 rings (SSSR count). The van der Waals surface area contributed by atoms with Crippen molar-refractivity contribution in [2.24, 2.45) is 0 Å². The van der Waals surface area contributed by atoms with Gasteiger partial charge in [-0.1, -0.05) is 24.3 Å². The fraction of sp³-hybridized carbons (Fsp3) is 0.214. The first kappa shape index (κ1) is 14.3. The quantitative estimate of drug-likeness (QED) is 0.676. The van der Waals surface area contributed by atoms with Gasteiger partial charge in [0.05, 0.1) is 23.3 Å². The van der Waals surface area contributed by atoms with Crippen LogP contribution < -0.4 is 5.73 Å². The molecule has 1 aromatic rings. The maximum Gasteiger partial charge on any atom is 0.338 e. The van der Waals surface area contributed by atoms with E-state index in [1.165, 1.54) is 19.2 Å². The van der Waals surface area contributed by atoms with Crippen molar-refractivity contribution in [1.29, 1.82) is 0 Å². The first-order valence-electron chi connectivity index (χ1n) is 5.95. The lowest BCUT2D eigenvalue weighted by molar-refractivity contribution is 0.0600. The number of rotatable bonds is 3. The van der Waals surface area contributed by atoms with Crippen LogP contribution in [0.25, 0.3) is 0 Å². The van der Waals surface area contributed by atoms with Crippen molar-refractivity contribution in [2.75, 3.05) is 12.8 Å². The summed E-state index contributed by atoms with van der Waals surface area (Å²) < 4.78 is 29.6. The Bertz CT molecular complexity index is 705. The van der Waals surface area contributed by atoms with E-state index in [9.17, 15) is 13.2 Å². The van der Waals surface area contributed by atoms with Crippen LogP contribution in [0.2, 0.25) is 0 Å². The Morgan fingerprint density at radius 3 is 2.40 bits per heavy atom. The van der Waals surface area contributed by atoms with Crippen molar-refractivity contribution in [3.63, 3.8) is 0 Å². The second kappa shape index (κ2) is 5.13. The van der Waals surface area contributed by atoms with Crippen LogP contribution in [0.3, 0.4) is 0 Å². The van der Waals surface area contributed by atoms with E-state index in [-0.39, 0.29) is 16.1 Å². The summed E-state index contributed by atoms with van der Waals surface area (Å²) in [6.07, 6.45) is 6.51. The Hall–Kier alpha value is -2.08. The van der Waals surface area contributed by atoms with E-state index < -0.39 is 21.1 Å². The van der Waals surface area contributed by atoms with Crippen molar-refractivity contribution in [3.8, 4) is 0 Å². The second-order valence-electron chi connectivity index (χ2n) is 4.48. The average molecular weight is 293 g/mol. The molecule has 0 saturated heterocycles. The molecule has 0 heterocycles. The normalized spacial score (nSPS) is 14.7. The number of ether oxygens (including phenoxy) is 1. The van der Waals surface area contributed by atoms with Crippen molar-refractivity contribution < 1.29 is 17.9 Å². The maximum absolute atomic E-state index is 12.5. The molecule has 1 aliphatic carbocycles. The number of hydrogen-bond acceptors (Lipinski definition) is 5. The van der Waals surface area contributed by atoms with Gasteiger partial charge in [-0.15, -0.1) is 0 Å². The van der Waals surface area contributed by atoms with Crippen LogP contribution >= 0.6 is 0 Å². The largest absolute Gasteiger partial charge is 0.465 e. The van der Waals surface area contributed by atoms with Gasteiger partial charge in [-0.2, -0.15) is 0 Å². The van der Waals surface area contributed by atoms with E-state index in [1.54, 1.807) is 31.2 Å². The Labute approximate surface area is 117 Å². The molecule has 0 radical (unpaired) electrons. The van der Waals surface area contributed by atoms with Crippen molar-refractivity contribution >= 4 is 21.5 Å². The van der Waals surface area contributed by atoms with Gasteiger partial charge in [0.1, 0.15) is 5.25 Å². The van der Waals surface area contributed by atoms with Gasteiger partial charge in [0.15, 0.2) is 9.84 Å². The number of esters is 1. The average Bonchev–Trinajstić information content (AvgIpc) is 2.94. The zero-order valence-electron chi connectivity index (χ0n) is 11.2. The molecule has 0 saturated carbocycles. The molecule has 2 N–H and O–H groups in total. The fourth-order valence-electron chi connectivity index (χ4n) is 2.04. The maximum atomic E-state index is 12.5. The smallest absolute Gasteiger partial charge is 0.338 e. The van der Waals surface area contributed by atoms with Crippen molar-refractivity contribution in [1.82, 2.24) is 0 Å². The van der Waals surface area contributed by atoms with Gasteiger partial charge >= 0.3 is 5.97 Å². The monoisotopic (exact) mass is 293 g/mol. The summed E-state index contributed by atoms with van der Waals surface area (Å²) in [5.74, 6) is -0.543. The highest BCUT2D eigenvalue weighted by atomic mass is 32.2. The number of carbonyl (C=O) groups excluding carboxylic acids is 1. The second-order valence-corrected chi connectivity index (χ2v) is 6.55. The molecule has 20 heavy (non-hydrogen) atoms. The SMILES string of the molecule is COC(=O)c1cc(N)c(S(=O)(=O)C2C=CC=C2)cc1C. The number of carbonyl (C=O) groups is 1. The van der Waals surface area contributed by atoms with Crippen LogP contribution in [0, 0.1) is 6.92 Å². The van der Waals surface area contributed by atoms with Crippen molar-refractivity contribution in [3.05, 3.63) is 47.6 Å². The minimum atomic E-state index is -3.59. The van der Waals surface area contributed by atoms with Gasteiger partial charge < -0.3 is 10.5 Å². The van der Waals surface area contributed by atoms with E-state index in [2.05, 4.69) is 4.74 Å². The predicted molar refractivity (Wildman–Crippen MR) is 76.2 cm³/mol. The molecule has 0 atom stereocenters. The predicted octanol–water partition coefficient (Wildman–Crippen LogP) is 1.63. The molecule has 106 valence electrons. The van der Waals surface area contributed by atoms with Gasteiger partial charge in [0.2, 0.25) is 0 Å². The Morgan fingerprint density at radius 2 is 1.85 bits per heavy atom. The highest BCUT2D eigenvalue weighted by Crippen LogP contribution is 2.28. The summed E-state index contributed by atoms with van der Waals surface area (Å²) in [5, 5.41) is -0.715. The molecule has 0 spiro atoms. The zero-order valence-corrected chi connectivity index (χ0v) is 12.0. The minimum absolute atomic E-state index is 0.0313. The third-order valence-corrected chi connectivity index (χ3v) is 5.14. The number of hydrogen-bond donors (Lipinski definition) is 1. The number of methoxy groups -OCH3 is 1. The van der Waals surface area contributed by atoms with Gasteiger partial charge in [-0.25, -0.2) is 13.2 Å². The van der Waals surface area contributed by atoms with E-state index in [0.29, 0.717) is 5.56 Å². The molecule has 1 aliphatic rings. The number of sulfone groups is 1. The molecule has 0 bridgehead atoms. The van der Waals surface area contributed by atoms with Crippen LogP contribution in [0.5, 0.6) is 0 Å². The third kappa shape index (κ3) is 2.34. The van der Waals surface area contributed by atoms with E-state index >= 15 is 0 Å². The van der Waals surface area contributed by atoms with Crippen LogP contribution in [-0.4, -0.2) is 26.7 Å². The topological polar surface area (TPSA) is 86.5 Å². The summed E-state index contributed by atoms with van der Waals surface area (Å²) in [7, 11) is -2.33. The molecular weight excluding hydrogens is 278 g/mol. The Balaban J connectivity index is 2.54. The van der Waals surface area contributed by atoms with Crippen molar-refractivity contribution in [2.45, 2.75) is 17.1 Å². The van der Waals surface area contributed by atoms with Gasteiger partial charge in [-0.05, 0) is 24.6 Å². The molecule has 1 aromatic carbocycles. The number of allylic oxidation sites excluding steroid dienone is 2. The number of anilines is 1. The van der Waals surface area contributed by atoms with Crippen LogP contribution in [0.4, 0.5) is 5.69 Å². The number of nitrogen functional groups attached to an aromatic ring is 1. The molecule has 0 unspecified atom stereocenters. The summed E-state index contributed by atoms with van der Waals surface area (Å²) in [5.41, 5.74) is 6.62. The number of aryl methyl sites for hydroxylation is 1. The fourth-order valence-corrected chi connectivity index (χ4v) is 3.66. The third-order valence-electron chi connectivity index (χ3n) is 3.14. The lowest BCUT2D eigenvalue weighted by atomic mass is 10.1. The summed E-state index contributed by atoms with van der Waals surface area (Å²) in [6.45, 7) is 1.64. The summed E-state index contributed by atoms with van der Waals surface area (Å²) >= 11 is 0. The molecule has 6 heteroatoms. The Kier molecular flexibility index (Phi) is 3.67. The number of nitrogens with two attached hydrogens (primary N) is 1. The summed E-state index contributed by atoms with van der Waals surface area (Å²) in [4.78, 5) is 11.6. The molecule has 5 nitrogen and oxygen atoms in total. The van der Waals surface area contributed by atoms with Crippen LogP contribution in [0.15, 0.2) is 41.3 Å². The van der Waals surface area contributed by atoms with E-state index in [4.69, 9.17) is 5.73 Å². The van der Waals surface area contributed by atoms with Crippen LogP contribution in [0.1, 0.15) is 15.9 Å². The first-order valence-corrected chi connectivity index (χ1v) is 7.50. The highest BCUT2D eigenvalue weighted by molar-refractivity contribution is 7.92. The highest BCUT2D eigenvalue weighted by Gasteiger charge is 2.28. The molecule has 0 aliphatic heterocycles. The van der Waals surface area contributed by atoms with Gasteiger partial charge in [-0.3, -0.25) is 0 Å². The first-order chi connectivity index (χ1) is 9.37. The molecule has 0 aromatic heterocycles. The minimum Gasteiger partial charge on any atom is -0.465 e. The van der Waals surface area contributed by atoms with Crippen LogP contribution in [-0.2, 0) is 14.6 Å². The van der Waals surface area contributed by atoms with E-state index in [0.717, 1.165) is 0 Å². The van der Waals surface area contributed by atoms with Gasteiger partial charge in [0.25, 0.3) is 0 Å². The van der Waals surface area contributed by atoms with Gasteiger partial charge in [0, 0.05) is 0 Å². The van der Waals surface area contributed by atoms with E-state index in [1.807, 2.05) is 0 Å². The standard InChI is InChI=1S/C14H15NO4S/c1-9-7-13(12(15)8-11(9)14(16)19-2)20(17,18)10-5-3-4-6-10/h3-8,10H,15H2,1-2H3. The molecular formula is C14H15NO4S. The summed E-state index contributed by atoms with van der Waals surface area (Å²) in [6, 6.07) is 2.76. The Morgan fingerprint density at radius 1 is 1.25 bits per heavy atom. The zero-order chi connectivity index (χ0) is 14.9. The molecule has 0 amide bonds. The molecule has 0 fully saturated rings. The number of benzene rings is 1.